The lowest BCUT2D eigenvalue weighted by Gasteiger charge is -2.47. The minimum absolute atomic E-state index is 0.606. The van der Waals surface area contributed by atoms with Gasteiger partial charge in [-0.1, -0.05) is 27.7 Å². The highest BCUT2D eigenvalue weighted by Gasteiger charge is 2.59. The molecule has 0 amide bonds. The van der Waals surface area contributed by atoms with Gasteiger partial charge in [-0.25, -0.2) is 38.7 Å². The van der Waals surface area contributed by atoms with Crippen LogP contribution in [0.1, 0.15) is 40.5 Å². The second-order valence-electron chi connectivity index (χ2n) is 8.08. The summed E-state index contributed by atoms with van der Waals surface area (Å²) in [4.78, 5) is 64.8. The average Bonchev–Trinajstić information content (AvgIpc) is 2.76. The van der Waals surface area contributed by atoms with E-state index in [2.05, 4.69) is 19.6 Å². The Morgan fingerprint density at radius 2 is 1.33 bits per heavy atom. The van der Waals surface area contributed by atoms with Crippen LogP contribution in [0.3, 0.4) is 0 Å². The molecule has 14 nitrogen and oxygen atoms in total. The maximum atomic E-state index is 12.6. The molecule has 1 saturated heterocycles. The van der Waals surface area contributed by atoms with Crippen molar-refractivity contribution in [1.82, 2.24) is 0 Å². The minimum atomic E-state index is -3.00. The van der Waals surface area contributed by atoms with Gasteiger partial charge in [-0.3, -0.25) is 0 Å². The summed E-state index contributed by atoms with van der Waals surface area (Å²) >= 11 is 0. The molecule has 1 fully saturated rings. The van der Waals surface area contributed by atoms with Gasteiger partial charge in [0.15, 0.2) is 0 Å². The SMILES string of the molecule is CC(C)C(=O)OOC(=O)CCC(C(=O)OOC(=O)C(C)C)[C@]1(O)O[C@H](CO)[C@@H](O)[C@H](O)[C@H]1O. The number of hydrogen-bond donors (Lipinski definition) is 5. The zero-order valence-corrected chi connectivity index (χ0v) is 18.6. The molecule has 0 spiro atoms. The summed E-state index contributed by atoms with van der Waals surface area (Å²) in [7, 11) is 0. The van der Waals surface area contributed by atoms with Crippen molar-refractivity contribution in [2.75, 3.05) is 6.61 Å². The molecule has 1 aliphatic heterocycles. The fourth-order valence-corrected chi connectivity index (χ4v) is 2.68. The Morgan fingerprint density at radius 3 is 1.82 bits per heavy atom. The Labute approximate surface area is 188 Å². The van der Waals surface area contributed by atoms with E-state index < -0.39 is 91.3 Å². The van der Waals surface area contributed by atoms with Gasteiger partial charge in [-0.15, -0.1) is 0 Å². The molecule has 0 aromatic heterocycles. The van der Waals surface area contributed by atoms with Crippen molar-refractivity contribution in [2.24, 2.45) is 17.8 Å². The van der Waals surface area contributed by atoms with Crippen LogP contribution in [0.15, 0.2) is 0 Å². The molecular formula is C19H30O14. The zero-order chi connectivity index (χ0) is 25.5. The van der Waals surface area contributed by atoms with Crippen LogP contribution in [0.25, 0.3) is 0 Å². The van der Waals surface area contributed by atoms with Crippen molar-refractivity contribution in [2.45, 2.75) is 70.7 Å². The largest absolute Gasteiger partial charge is 0.394 e. The Bertz CT molecular complexity index is 705. The van der Waals surface area contributed by atoms with E-state index in [9.17, 15) is 44.7 Å². The highest BCUT2D eigenvalue weighted by atomic mass is 17.2. The summed E-state index contributed by atoms with van der Waals surface area (Å²) in [5.41, 5.74) is 0. The summed E-state index contributed by atoms with van der Waals surface area (Å²) in [6.45, 7) is 4.91. The Kier molecular flexibility index (Phi) is 10.6. The van der Waals surface area contributed by atoms with Gasteiger partial charge in [0, 0.05) is 0 Å². The van der Waals surface area contributed by atoms with Gasteiger partial charge in [0.2, 0.25) is 5.79 Å². The zero-order valence-electron chi connectivity index (χ0n) is 18.6. The van der Waals surface area contributed by atoms with E-state index in [1.807, 2.05) is 0 Å². The topological polar surface area (TPSA) is 216 Å². The summed E-state index contributed by atoms with van der Waals surface area (Å²) in [6, 6.07) is 0. The van der Waals surface area contributed by atoms with Crippen LogP contribution in [0.5, 0.6) is 0 Å². The Morgan fingerprint density at radius 1 is 0.848 bits per heavy atom. The Balaban J connectivity index is 3.06. The normalized spacial score (nSPS) is 28.2. The number of rotatable bonds is 8. The molecule has 0 aromatic carbocycles. The third-order valence-electron chi connectivity index (χ3n) is 4.78. The first-order valence-corrected chi connectivity index (χ1v) is 10.1. The quantitative estimate of drug-likeness (QED) is 0.184. The summed E-state index contributed by atoms with van der Waals surface area (Å²) in [6.07, 6.45) is -9.26. The summed E-state index contributed by atoms with van der Waals surface area (Å²) < 4.78 is 5.08. The standard InChI is InChI=1S/C19H30O14/c1-8(2)16(25)31-30-12(21)6-5-10(18(27)33-32-17(26)9(3)4)19(28)15(24)14(23)13(22)11(7-20)29-19/h8-11,13-15,20,22-24,28H,5-7H2,1-4H3/t10?,11-,13-,14+,15-,19+/m1/s1. The molecule has 1 heterocycles. The predicted octanol–water partition coefficient (Wildman–Crippen LogP) is -2.14. The molecule has 1 rings (SSSR count). The smallest absolute Gasteiger partial charge is 0.364 e. The van der Waals surface area contributed by atoms with Crippen molar-refractivity contribution in [3.05, 3.63) is 0 Å². The average molecular weight is 482 g/mol. The maximum Gasteiger partial charge on any atom is 0.364 e. The van der Waals surface area contributed by atoms with E-state index in [1.54, 1.807) is 0 Å². The van der Waals surface area contributed by atoms with Gasteiger partial charge in [0.25, 0.3) is 0 Å². The van der Waals surface area contributed by atoms with Crippen LogP contribution in [-0.2, 0) is 43.5 Å². The number of aliphatic hydroxyl groups excluding tert-OH is 4. The van der Waals surface area contributed by atoms with Crippen LogP contribution in [0.2, 0.25) is 0 Å². The van der Waals surface area contributed by atoms with Gasteiger partial charge < -0.3 is 30.3 Å². The monoisotopic (exact) mass is 482 g/mol. The van der Waals surface area contributed by atoms with Gasteiger partial charge >= 0.3 is 23.9 Å². The first-order chi connectivity index (χ1) is 15.3. The van der Waals surface area contributed by atoms with Crippen LogP contribution >= 0.6 is 0 Å². The summed E-state index contributed by atoms with van der Waals surface area (Å²) in [5.74, 6) is -10.8. The molecule has 5 N–H and O–H groups in total. The predicted molar refractivity (Wildman–Crippen MR) is 102 cm³/mol. The molecule has 0 saturated carbocycles. The summed E-state index contributed by atoms with van der Waals surface area (Å²) in [5, 5.41) is 50.5. The number of carbonyl (C=O) groups is 4. The molecule has 0 radical (unpaired) electrons. The molecule has 1 unspecified atom stereocenters. The van der Waals surface area contributed by atoms with Crippen molar-refractivity contribution in [3.8, 4) is 0 Å². The number of aliphatic hydroxyl groups is 5. The van der Waals surface area contributed by atoms with Crippen molar-refractivity contribution >= 4 is 23.9 Å². The minimum Gasteiger partial charge on any atom is -0.394 e. The fourth-order valence-electron chi connectivity index (χ4n) is 2.68. The molecule has 190 valence electrons. The third-order valence-corrected chi connectivity index (χ3v) is 4.78. The van der Waals surface area contributed by atoms with E-state index in [4.69, 9.17) is 4.74 Å². The highest BCUT2D eigenvalue weighted by molar-refractivity contribution is 5.77. The molecule has 33 heavy (non-hydrogen) atoms. The number of hydrogen-bond acceptors (Lipinski definition) is 14. The Hall–Kier alpha value is -2.36. The van der Waals surface area contributed by atoms with Gasteiger partial charge in [0.05, 0.1) is 24.9 Å². The van der Waals surface area contributed by atoms with E-state index in [0.717, 1.165) is 0 Å². The molecule has 0 bridgehead atoms. The highest BCUT2D eigenvalue weighted by Crippen LogP contribution is 2.37. The first-order valence-electron chi connectivity index (χ1n) is 10.1. The fraction of sp³-hybridized carbons (Fsp3) is 0.789. The van der Waals surface area contributed by atoms with E-state index in [0.29, 0.717) is 0 Å². The molecule has 0 aliphatic carbocycles. The van der Waals surface area contributed by atoms with E-state index >= 15 is 0 Å². The molecular weight excluding hydrogens is 452 g/mol. The second-order valence-corrected chi connectivity index (χ2v) is 8.08. The van der Waals surface area contributed by atoms with Crippen molar-refractivity contribution in [3.63, 3.8) is 0 Å². The third kappa shape index (κ3) is 7.31. The van der Waals surface area contributed by atoms with E-state index in [1.165, 1.54) is 27.7 Å². The first kappa shape index (κ1) is 28.7. The number of carbonyl (C=O) groups excluding carboxylic acids is 4. The lowest BCUT2D eigenvalue weighted by Crippen LogP contribution is -2.68. The van der Waals surface area contributed by atoms with Crippen LogP contribution < -0.4 is 0 Å². The van der Waals surface area contributed by atoms with Gasteiger partial charge in [-0.05, 0) is 6.42 Å². The van der Waals surface area contributed by atoms with Crippen LogP contribution in [0.4, 0.5) is 0 Å². The molecule has 14 heteroatoms. The van der Waals surface area contributed by atoms with Gasteiger partial charge in [0.1, 0.15) is 30.3 Å². The van der Waals surface area contributed by atoms with Crippen molar-refractivity contribution < 1.29 is 69.0 Å². The van der Waals surface area contributed by atoms with Crippen LogP contribution in [-0.4, -0.2) is 86.2 Å². The van der Waals surface area contributed by atoms with E-state index in [-0.39, 0.29) is 0 Å². The molecule has 6 atom stereocenters. The van der Waals surface area contributed by atoms with Crippen LogP contribution in [0, 0.1) is 17.8 Å². The lowest BCUT2D eigenvalue weighted by atomic mass is 9.82. The number of ether oxygens (including phenoxy) is 1. The molecule has 0 aromatic rings. The lowest BCUT2D eigenvalue weighted by molar-refractivity contribution is -0.370. The molecule has 1 aliphatic rings. The maximum absolute atomic E-state index is 12.6. The van der Waals surface area contributed by atoms with Crippen molar-refractivity contribution in [1.29, 1.82) is 0 Å². The second kappa shape index (κ2) is 12.2. The van der Waals surface area contributed by atoms with Gasteiger partial charge in [-0.2, -0.15) is 0 Å².